The molecule has 0 saturated carbocycles. The standard InChI is InChI=1S/C15H13Cl3N2O/c1-20(8-9-5-6-10(16)7-12(9)17)15(21)11-3-2-4-13(19)14(11)18/h2-7H,8,19H2,1H3. The number of carbonyl (C=O) groups excluding carboxylic acids is 1. The van der Waals surface area contributed by atoms with Gasteiger partial charge in [0.05, 0.1) is 16.3 Å². The maximum Gasteiger partial charge on any atom is 0.255 e. The predicted octanol–water partition coefficient (Wildman–Crippen LogP) is 4.50. The Hall–Kier alpha value is -1.42. The Balaban J connectivity index is 2.21. The highest BCUT2D eigenvalue weighted by Crippen LogP contribution is 2.26. The molecule has 2 rings (SSSR count). The maximum absolute atomic E-state index is 12.4. The van der Waals surface area contributed by atoms with Crippen molar-refractivity contribution in [1.82, 2.24) is 4.90 Å². The van der Waals surface area contributed by atoms with Crippen LogP contribution in [-0.2, 0) is 6.54 Å². The van der Waals surface area contributed by atoms with Crippen LogP contribution in [0.5, 0.6) is 0 Å². The Kier molecular flexibility index (Phi) is 4.99. The smallest absolute Gasteiger partial charge is 0.255 e. The first kappa shape index (κ1) is 16.0. The van der Waals surface area contributed by atoms with Gasteiger partial charge in [0.1, 0.15) is 0 Å². The summed E-state index contributed by atoms with van der Waals surface area (Å²) in [5.74, 6) is -0.224. The van der Waals surface area contributed by atoms with Crippen molar-refractivity contribution in [2.45, 2.75) is 6.54 Å². The highest BCUT2D eigenvalue weighted by molar-refractivity contribution is 6.36. The number of nitrogens with zero attached hydrogens (tertiary/aromatic N) is 1. The second kappa shape index (κ2) is 6.56. The van der Waals surface area contributed by atoms with E-state index >= 15 is 0 Å². The monoisotopic (exact) mass is 342 g/mol. The minimum atomic E-state index is -0.224. The number of hydrogen-bond acceptors (Lipinski definition) is 2. The fourth-order valence-electron chi connectivity index (χ4n) is 1.90. The summed E-state index contributed by atoms with van der Waals surface area (Å²) in [7, 11) is 1.67. The van der Waals surface area contributed by atoms with Crippen molar-refractivity contribution in [3.05, 3.63) is 62.6 Å². The van der Waals surface area contributed by atoms with Gasteiger partial charge in [0.2, 0.25) is 0 Å². The second-order valence-corrected chi connectivity index (χ2v) is 5.83. The number of nitrogens with two attached hydrogens (primary N) is 1. The Labute approximate surface area is 138 Å². The van der Waals surface area contributed by atoms with Crippen LogP contribution in [0.25, 0.3) is 0 Å². The first-order valence-electron chi connectivity index (χ1n) is 6.13. The molecular formula is C15H13Cl3N2O. The summed E-state index contributed by atoms with van der Waals surface area (Å²) in [6.07, 6.45) is 0. The van der Waals surface area contributed by atoms with Crippen molar-refractivity contribution >= 4 is 46.4 Å². The van der Waals surface area contributed by atoms with Crippen LogP contribution in [0.3, 0.4) is 0 Å². The topological polar surface area (TPSA) is 46.3 Å². The van der Waals surface area contributed by atoms with Gasteiger partial charge < -0.3 is 10.6 Å². The van der Waals surface area contributed by atoms with Crippen molar-refractivity contribution in [3.63, 3.8) is 0 Å². The van der Waals surface area contributed by atoms with Crippen LogP contribution < -0.4 is 5.73 Å². The molecule has 0 atom stereocenters. The van der Waals surface area contributed by atoms with Crippen molar-refractivity contribution in [1.29, 1.82) is 0 Å². The van der Waals surface area contributed by atoms with Crippen molar-refractivity contribution in [2.75, 3.05) is 12.8 Å². The zero-order chi connectivity index (χ0) is 15.6. The first-order chi connectivity index (χ1) is 9.90. The molecule has 1 amide bonds. The number of rotatable bonds is 3. The number of hydrogen-bond donors (Lipinski definition) is 1. The van der Waals surface area contributed by atoms with E-state index in [-0.39, 0.29) is 10.9 Å². The molecular weight excluding hydrogens is 331 g/mol. The van der Waals surface area contributed by atoms with Gasteiger partial charge >= 0.3 is 0 Å². The van der Waals surface area contributed by atoms with E-state index in [1.807, 2.05) is 0 Å². The lowest BCUT2D eigenvalue weighted by atomic mass is 10.1. The van der Waals surface area contributed by atoms with Crippen LogP contribution >= 0.6 is 34.8 Å². The van der Waals surface area contributed by atoms with Crippen molar-refractivity contribution < 1.29 is 4.79 Å². The molecule has 0 aliphatic heterocycles. The fraction of sp³-hybridized carbons (Fsp3) is 0.133. The summed E-state index contributed by atoms with van der Waals surface area (Å²) >= 11 is 18.0. The van der Waals surface area contributed by atoms with Gasteiger partial charge in [0.25, 0.3) is 5.91 Å². The van der Waals surface area contributed by atoms with Crippen molar-refractivity contribution in [3.8, 4) is 0 Å². The van der Waals surface area contributed by atoms with Gasteiger partial charge in [-0.1, -0.05) is 46.9 Å². The zero-order valence-corrected chi connectivity index (χ0v) is 13.5. The van der Waals surface area contributed by atoms with E-state index in [9.17, 15) is 4.79 Å². The lowest BCUT2D eigenvalue weighted by molar-refractivity contribution is 0.0785. The highest BCUT2D eigenvalue weighted by Gasteiger charge is 2.17. The molecule has 0 aliphatic carbocycles. The third-order valence-corrected chi connectivity index (χ3v) is 4.04. The van der Waals surface area contributed by atoms with E-state index in [1.54, 1.807) is 43.4 Å². The number of nitrogen functional groups attached to an aromatic ring is 1. The molecule has 2 aromatic carbocycles. The summed E-state index contributed by atoms with van der Waals surface area (Å²) < 4.78 is 0. The van der Waals surface area contributed by atoms with Gasteiger partial charge in [-0.15, -0.1) is 0 Å². The molecule has 110 valence electrons. The van der Waals surface area contributed by atoms with Crippen LogP contribution in [0.1, 0.15) is 15.9 Å². The van der Waals surface area contributed by atoms with Gasteiger partial charge in [-0.25, -0.2) is 0 Å². The van der Waals surface area contributed by atoms with Gasteiger partial charge in [-0.05, 0) is 29.8 Å². The molecule has 0 aliphatic rings. The maximum atomic E-state index is 12.4. The van der Waals surface area contributed by atoms with E-state index in [2.05, 4.69) is 0 Å². The quantitative estimate of drug-likeness (QED) is 0.834. The molecule has 2 N–H and O–H groups in total. The van der Waals surface area contributed by atoms with Gasteiger partial charge in [0, 0.05) is 23.6 Å². The average Bonchev–Trinajstić information content (AvgIpc) is 2.44. The third kappa shape index (κ3) is 3.62. The SMILES string of the molecule is CN(Cc1ccc(Cl)cc1Cl)C(=O)c1cccc(N)c1Cl. The highest BCUT2D eigenvalue weighted by atomic mass is 35.5. The molecule has 0 aromatic heterocycles. The minimum absolute atomic E-state index is 0.224. The van der Waals surface area contributed by atoms with E-state index in [0.29, 0.717) is 27.8 Å². The molecule has 0 spiro atoms. The number of anilines is 1. The Bertz CT molecular complexity index is 689. The number of halogens is 3. The second-order valence-electron chi connectivity index (χ2n) is 4.61. The Morgan fingerprint density at radius 1 is 1.19 bits per heavy atom. The molecule has 0 radical (unpaired) electrons. The molecule has 2 aromatic rings. The van der Waals surface area contributed by atoms with Gasteiger partial charge in [0.15, 0.2) is 0 Å². The number of amides is 1. The summed E-state index contributed by atoms with van der Waals surface area (Å²) in [5, 5.41) is 1.33. The lowest BCUT2D eigenvalue weighted by Gasteiger charge is -2.19. The fourth-order valence-corrected chi connectivity index (χ4v) is 2.57. The predicted molar refractivity (Wildman–Crippen MR) is 88.1 cm³/mol. The molecule has 6 heteroatoms. The van der Waals surface area contributed by atoms with E-state index < -0.39 is 0 Å². The lowest BCUT2D eigenvalue weighted by Crippen LogP contribution is -2.26. The summed E-state index contributed by atoms with van der Waals surface area (Å²) in [6, 6.07) is 10.1. The largest absolute Gasteiger partial charge is 0.398 e. The van der Waals surface area contributed by atoms with Crippen LogP contribution in [-0.4, -0.2) is 17.9 Å². The summed E-state index contributed by atoms with van der Waals surface area (Å²) in [5.41, 5.74) is 7.26. The Morgan fingerprint density at radius 3 is 2.57 bits per heavy atom. The van der Waals surface area contributed by atoms with Crippen LogP contribution in [0.2, 0.25) is 15.1 Å². The first-order valence-corrected chi connectivity index (χ1v) is 7.27. The summed E-state index contributed by atoms with van der Waals surface area (Å²) in [4.78, 5) is 13.9. The molecule has 0 saturated heterocycles. The third-order valence-electron chi connectivity index (χ3n) is 3.03. The van der Waals surface area contributed by atoms with Gasteiger partial charge in [-0.3, -0.25) is 4.79 Å². The molecule has 0 fully saturated rings. The van der Waals surface area contributed by atoms with Crippen molar-refractivity contribution in [2.24, 2.45) is 0 Å². The normalized spacial score (nSPS) is 10.5. The molecule has 21 heavy (non-hydrogen) atoms. The van der Waals surface area contributed by atoms with Crippen LogP contribution in [0, 0.1) is 0 Å². The molecule has 0 heterocycles. The minimum Gasteiger partial charge on any atom is -0.398 e. The van der Waals surface area contributed by atoms with Gasteiger partial charge in [-0.2, -0.15) is 0 Å². The summed E-state index contributed by atoms with van der Waals surface area (Å²) in [6.45, 7) is 0.347. The molecule has 0 unspecified atom stereocenters. The van der Waals surface area contributed by atoms with Crippen LogP contribution in [0.4, 0.5) is 5.69 Å². The molecule has 3 nitrogen and oxygen atoms in total. The van der Waals surface area contributed by atoms with E-state index in [1.165, 1.54) is 4.90 Å². The molecule has 0 bridgehead atoms. The average molecular weight is 344 g/mol. The van der Waals surface area contributed by atoms with E-state index in [0.717, 1.165) is 5.56 Å². The van der Waals surface area contributed by atoms with Crippen LogP contribution in [0.15, 0.2) is 36.4 Å². The number of benzene rings is 2. The van der Waals surface area contributed by atoms with E-state index in [4.69, 9.17) is 40.5 Å². The zero-order valence-electron chi connectivity index (χ0n) is 11.2. The number of carbonyl (C=O) groups is 1. The Morgan fingerprint density at radius 2 is 1.90 bits per heavy atom.